The van der Waals surface area contributed by atoms with Crippen LogP contribution in [-0.2, 0) is 13.1 Å². The third-order valence-corrected chi connectivity index (χ3v) is 5.63. The van der Waals surface area contributed by atoms with Crippen molar-refractivity contribution < 1.29 is 5.11 Å². The van der Waals surface area contributed by atoms with E-state index in [1.165, 1.54) is 22.5 Å². The van der Waals surface area contributed by atoms with Crippen molar-refractivity contribution in [2.24, 2.45) is 0 Å². The van der Waals surface area contributed by atoms with Crippen molar-refractivity contribution in [1.82, 2.24) is 19.7 Å². The van der Waals surface area contributed by atoms with Gasteiger partial charge in [0.1, 0.15) is 5.01 Å². The van der Waals surface area contributed by atoms with Crippen molar-refractivity contribution >= 4 is 21.6 Å². The van der Waals surface area contributed by atoms with E-state index >= 15 is 0 Å². The van der Waals surface area contributed by atoms with Crippen molar-refractivity contribution in [3.8, 4) is 0 Å². The molecule has 3 aromatic rings. The molecule has 5 nitrogen and oxygen atoms in total. The number of aliphatic hydroxyl groups excluding tert-OH is 1. The van der Waals surface area contributed by atoms with Crippen LogP contribution in [0.15, 0.2) is 36.5 Å². The summed E-state index contributed by atoms with van der Waals surface area (Å²) in [7, 11) is 0. The highest BCUT2D eigenvalue weighted by Crippen LogP contribution is 2.28. The minimum absolute atomic E-state index is 0.134. The second-order valence-electron chi connectivity index (χ2n) is 6.38. The van der Waals surface area contributed by atoms with E-state index in [1.807, 2.05) is 16.9 Å². The number of aliphatic hydroxyl groups is 1. The van der Waals surface area contributed by atoms with Crippen LogP contribution in [0.3, 0.4) is 0 Å². The van der Waals surface area contributed by atoms with E-state index in [4.69, 9.17) is 10.1 Å². The van der Waals surface area contributed by atoms with Gasteiger partial charge in [0, 0.05) is 18.7 Å². The molecule has 1 aliphatic heterocycles. The number of para-hydroxylation sites is 1. The summed E-state index contributed by atoms with van der Waals surface area (Å²) < 4.78 is 3.10. The predicted molar refractivity (Wildman–Crippen MR) is 96.2 cm³/mol. The Balaban J connectivity index is 1.44. The Bertz CT molecular complexity index is 779. The molecule has 3 heterocycles. The molecule has 1 aliphatic rings. The fourth-order valence-corrected chi connectivity index (χ4v) is 4.45. The van der Waals surface area contributed by atoms with Gasteiger partial charge in [0.05, 0.1) is 35.6 Å². The lowest BCUT2D eigenvalue weighted by molar-refractivity contribution is 0.197. The first-order valence-corrected chi connectivity index (χ1v) is 9.34. The molecule has 0 unspecified atom stereocenters. The summed E-state index contributed by atoms with van der Waals surface area (Å²) in [6.45, 7) is 3.79. The molecule has 1 saturated heterocycles. The molecule has 0 aliphatic carbocycles. The Morgan fingerprint density at radius 1 is 1.25 bits per heavy atom. The Kier molecular flexibility index (Phi) is 4.60. The standard InChI is InChI=1S/C18H22N4OS/c23-11-10-22-9-7-15(20-22)14-4-3-8-21(12-14)13-18-19-16-5-1-2-6-17(16)24-18/h1-2,5-7,9,14,23H,3-4,8,10-13H2/t14-/m1/s1. The molecule has 0 amide bonds. The summed E-state index contributed by atoms with van der Waals surface area (Å²) in [5.74, 6) is 0.480. The van der Waals surface area contributed by atoms with Crippen LogP contribution in [-0.4, -0.2) is 44.5 Å². The highest BCUT2D eigenvalue weighted by Gasteiger charge is 2.24. The first-order chi connectivity index (χ1) is 11.8. The summed E-state index contributed by atoms with van der Waals surface area (Å²) in [6, 6.07) is 10.4. The van der Waals surface area contributed by atoms with E-state index in [0.29, 0.717) is 12.5 Å². The number of fused-ring (bicyclic) bond motifs is 1. The normalized spacial score (nSPS) is 19.1. The fraction of sp³-hybridized carbons (Fsp3) is 0.444. The van der Waals surface area contributed by atoms with Crippen molar-refractivity contribution in [1.29, 1.82) is 0 Å². The van der Waals surface area contributed by atoms with E-state index in [2.05, 4.69) is 34.3 Å². The summed E-state index contributed by atoms with van der Waals surface area (Å²) in [6.07, 6.45) is 4.35. The van der Waals surface area contributed by atoms with Crippen LogP contribution in [0.25, 0.3) is 10.2 Å². The molecule has 126 valence electrons. The summed E-state index contributed by atoms with van der Waals surface area (Å²) in [5, 5.41) is 14.8. The van der Waals surface area contributed by atoms with Crippen molar-refractivity contribution in [2.45, 2.75) is 31.8 Å². The molecular formula is C18H22N4OS. The number of nitrogens with zero attached hydrogens (tertiary/aromatic N) is 4. The van der Waals surface area contributed by atoms with Crippen LogP contribution in [0, 0.1) is 0 Å². The molecular weight excluding hydrogens is 320 g/mol. The number of hydrogen-bond acceptors (Lipinski definition) is 5. The third-order valence-electron chi connectivity index (χ3n) is 4.61. The number of likely N-dealkylation sites (tertiary alicyclic amines) is 1. The van der Waals surface area contributed by atoms with Crippen molar-refractivity contribution in [3.63, 3.8) is 0 Å². The summed E-state index contributed by atoms with van der Waals surface area (Å²) >= 11 is 1.80. The molecule has 1 atom stereocenters. The van der Waals surface area contributed by atoms with E-state index in [1.54, 1.807) is 11.3 Å². The molecule has 0 bridgehead atoms. The minimum Gasteiger partial charge on any atom is -0.394 e. The van der Waals surface area contributed by atoms with Crippen molar-refractivity contribution in [3.05, 3.63) is 47.2 Å². The third kappa shape index (κ3) is 3.36. The SMILES string of the molecule is OCCn1ccc([C@@H]2CCCN(Cc3nc4ccccc4s3)C2)n1. The molecule has 24 heavy (non-hydrogen) atoms. The van der Waals surface area contributed by atoms with Gasteiger partial charge in [0.25, 0.3) is 0 Å². The van der Waals surface area contributed by atoms with Gasteiger partial charge in [-0.25, -0.2) is 4.98 Å². The topological polar surface area (TPSA) is 54.2 Å². The Morgan fingerprint density at radius 2 is 2.17 bits per heavy atom. The van der Waals surface area contributed by atoms with E-state index in [-0.39, 0.29) is 6.61 Å². The van der Waals surface area contributed by atoms with E-state index in [0.717, 1.165) is 30.8 Å². The van der Waals surface area contributed by atoms with Crippen LogP contribution in [0.4, 0.5) is 0 Å². The first-order valence-electron chi connectivity index (χ1n) is 8.53. The van der Waals surface area contributed by atoms with Crippen LogP contribution in [0.2, 0.25) is 0 Å². The number of rotatable bonds is 5. The van der Waals surface area contributed by atoms with Gasteiger partial charge in [0.15, 0.2) is 0 Å². The number of aromatic nitrogens is 3. The van der Waals surface area contributed by atoms with Gasteiger partial charge in [-0.3, -0.25) is 9.58 Å². The lowest BCUT2D eigenvalue weighted by atomic mass is 9.95. The van der Waals surface area contributed by atoms with Crippen LogP contribution < -0.4 is 0 Å². The molecule has 1 aromatic carbocycles. The number of benzene rings is 1. The summed E-state index contributed by atoms with van der Waals surface area (Å²) in [5.41, 5.74) is 2.26. The molecule has 1 N–H and O–H groups in total. The Hall–Kier alpha value is -1.76. The summed E-state index contributed by atoms with van der Waals surface area (Å²) in [4.78, 5) is 7.26. The number of hydrogen-bond donors (Lipinski definition) is 1. The zero-order valence-corrected chi connectivity index (χ0v) is 14.5. The van der Waals surface area contributed by atoms with Crippen LogP contribution >= 0.6 is 11.3 Å². The van der Waals surface area contributed by atoms with Gasteiger partial charge in [0.2, 0.25) is 0 Å². The molecule has 4 rings (SSSR count). The van der Waals surface area contributed by atoms with E-state index in [9.17, 15) is 0 Å². The van der Waals surface area contributed by atoms with Gasteiger partial charge < -0.3 is 5.11 Å². The average molecular weight is 342 g/mol. The zero-order valence-electron chi connectivity index (χ0n) is 13.6. The largest absolute Gasteiger partial charge is 0.394 e. The maximum Gasteiger partial charge on any atom is 0.108 e. The van der Waals surface area contributed by atoms with E-state index < -0.39 is 0 Å². The Labute approximate surface area is 145 Å². The quantitative estimate of drug-likeness (QED) is 0.775. The lowest BCUT2D eigenvalue weighted by Gasteiger charge is -2.31. The van der Waals surface area contributed by atoms with Gasteiger partial charge >= 0.3 is 0 Å². The zero-order chi connectivity index (χ0) is 16.4. The second kappa shape index (κ2) is 7.01. The first kappa shape index (κ1) is 15.7. The van der Waals surface area contributed by atoms with Gasteiger partial charge in [-0.05, 0) is 37.6 Å². The molecule has 0 saturated carbocycles. The second-order valence-corrected chi connectivity index (χ2v) is 7.49. The van der Waals surface area contributed by atoms with Crippen molar-refractivity contribution in [2.75, 3.05) is 19.7 Å². The molecule has 1 fully saturated rings. The van der Waals surface area contributed by atoms with Gasteiger partial charge in [-0.1, -0.05) is 12.1 Å². The minimum atomic E-state index is 0.134. The average Bonchev–Trinajstić information content (AvgIpc) is 3.21. The molecule has 6 heteroatoms. The molecule has 2 aromatic heterocycles. The number of piperidine rings is 1. The van der Waals surface area contributed by atoms with Gasteiger partial charge in [-0.15, -0.1) is 11.3 Å². The van der Waals surface area contributed by atoms with Gasteiger partial charge in [-0.2, -0.15) is 5.10 Å². The predicted octanol–water partition coefficient (Wildman–Crippen LogP) is 2.86. The maximum absolute atomic E-state index is 9.03. The molecule has 0 spiro atoms. The maximum atomic E-state index is 9.03. The smallest absolute Gasteiger partial charge is 0.108 e. The van der Waals surface area contributed by atoms with Crippen LogP contribution in [0.5, 0.6) is 0 Å². The fourth-order valence-electron chi connectivity index (χ4n) is 3.44. The monoisotopic (exact) mass is 342 g/mol. The number of thiazole rings is 1. The van der Waals surface area contributed by atoms with Crippen LogP contribution in [0.1, 0.15) is 29.5 Å². The highest BCUT2D eigenvalue weighted by atomic mass is 32.1. The Morgan fingerprint density at radius 3 is 3.04 bits per heavy atom. The lowest BCUT2D eigenvalue weighted by Crippen LogP contribution is -2.34. The molecule has 0 radical (unpaired) electrons. The highest BCUT2D eigenvalue weighted by molar-refractivity contribution is 7.18.